The summed E-state index contributed by atoms with van der Waals surface area (Å²) in [5.41, 5.74) is 2.59. The predicted molar refractivity (Wildman–Crippen MR) is 91.5 cm³/mol. The van der Waals surface area contributed by atoms with Gasteiger partial charge in [-0.3, -0.25) is 4.72 Å². The molecule has 7 heteroatoms. The zero-order valence-electron chi connectivity index (χ0n) is 12.0. The van der Waals surface area contributed by atoms with E-state index in [0.717, 1.165) is 20.5 Å². The molecule has 4 nitrogen and oxygen atoms in total. The van der Waals surface area contributed by atoms with Gasteiger partial charge >= 0.3 is 0 Å². The van der Waals surface area contributed by atoms with Crippen LogP contribution in [0.3, 0.4) is 0 Å². The van der Waals surface area contributed by atoms with Gasteiger partial charge in [0.2, 0.25) is 0 Å². The second-order valence-electron chi connectivity index (χ2n) is 4.77. The first-order valence-corrected chi connectivity index (χ1v) is 9.45. The number of benzene rings is 1. The maximum Gasteiger partial charge on any atom is 0.271 e. The topological polar surface area (TPSA) is 58.2 Å². The van der Waals surface area contributed by atoms with Crippen molar-refractivity contribution in [3.63, 3.8) is 0 Å². The monoisotopic (exact) mass is 388 g/mol. The Bertz CT molecular complexity index is 754. The van der Waals surface area contributed by atoms with E-state index in [-0.39, 0.29) is 0 Å². The molecule has 0 aliphatic rings. The minimum absolute atomic E-state index is 0.335. The van der Waals surface area contributed by atoms with Crippen molar-refractivity contribution >= 4 is 43.0 Å². The van der Waals surface area contributed by atoms with Crippen molar-refractivity contribution < 1.29 is 8.42 Å². The van der Waals surface area contributed by atoms with Crippen molar-refractivity contribution in [1.29, 1.82) is 0 Å². The van der Waals surface area contributed by atoms with E-state index in [2.05, 4.69) is 26.0 Å². The molecule has 0 aliphatic heterocycles. The van der Waals surface area contributed by atoms with Gasteiger partial charge in [0.05, 0.1) is 0 Å². The summed E-state index contributed by atoms with van der Waals surface area (Å²) in [6.45, 7) is 4.54. The van der Waals surface area contributed by atoms with Crippen LogP contribution < -0.4 is 10.0 Å². The van der Waals surface area contributed by atoms with Crippen molar-refractivity contribution in [1.82, 2.24) is 5.32 Å². The third-order valence-corrected chi connectivity index (χ3v) is 6.97. The number of sulfonamides is 1. The Balaban J connectivity index is 2.29. The zero-order valence-corrected chi connectivity index (χ0v) is 15.2. The van der Waals surface area contributed by atoms with Crippen LogP contribution in [0.25, 0.3) is 0 Å². The van der Waals surface area contributed by atoms with Crippen LogP contribution in [-0.2, 0) is 16.6 Å². The number of anilines is 1. The molecule has 2 rings (SSSR count). The minimum atomic E-state index is -3.54. The smallest absolute Gasteiger partial charge is 0.271 e. The lowest BCUT2D eigenvalue weighted by molar-refractivity contribution is 0.603. The maximum atomic E-state index is 12.4. The van der Waals surface area contributed by atoms with Gasteiger partial charge in [-0.15, -0.1) is 11.3 Å². The summed E-state index contributed by atoms with van der Waals surface area (Å²) in [4.78, 5) is 1.03. The highest BCUT2D eigenvalue weighted by Gasteiger charge is 2.19. The molecule has 1 heterocycles. The highest BCUT2D eigenvalue weighted by Crippen LogP contribution is 2.28. The number of thiophene rings is 1. The van der Waals surface area contributed by atoms with Gasteiger partial charge in [0.15, 0.2) is 0 Å². The fraction of sp³-hybridized carbons (Fsp3) is 0.286. The molecular weight excluding hydrogens is 372 g/mol. The molecule has 0 fully saturated rings. The molecule has 1 aromatic heterocycles. The third-order valence-electron chi connectivity index (χ3n) is 3.02. The summed E-state index contributed by atoms with van der Waals surface area (Å²) >= 11 is 4.70. The first-order chi connectivity index (χ1) is 9.83. The SMILES string of the molecule is CNCc1sc(S(=O)(=O)Nc2ccc(C)c(Br)c2)cc1C. The van der Waals surface area contributed by atoms with Gasteiger partial charge in [-0.25, -0.2) is 8.42 Å². The lowest BCUT2D eigenvalue weighted by atomic mass is 10.2. The van der Waals surface area contributed by atoms with Gasteiger partial charge in [-0.05, 0) is 50.2 Å². The lowest BCUT2D eigenvalue weighted by Gasteiger charge is -2.07. The van der Waals surface area contributed by atoms with Crippen LogP contribution >= 0.6 is 27.3 Å². The van der Waals surface area contributed by atoms with E-state index in [0.29, 0.717) is 16.4 Å². The van der Waals surface area contributed by atoms with Crippen LogP contribution in [0.2, 0.25) is 0 Å². The highest BCUT2D eigenvalue weighted by atomic mass is 79.9. The van der Waals surface area contributed by atoms with Crippen LogP contribution in [0.5, 0.6) is 0 Å². The molecule has 21 heavy (non-hydrogen) atoms. The zero-order chi connectivity index (χ0) is 15.6. The van der Waals surface area contributed by atoms with E-state index in [1.165, 1.54) is 11.3 Å². The van der Waals surface area contributed by atoms with E-state index in [4.69, 9.17) is 0 Å². The van der Waals surface area contributed by atoms with Crippen LogP contribution in [-0.4, -0.2) is 15.5 Å². The Kier molecular flexibility index (Phi) is 5.08. The Morgan fingerprint density at radius 1 is 1.19 bits per heavy atom. The number of halogens is 1. The van der Waals surface area contributed by atoms with Crippen molar-refractivity contribution in [2.75, 3.05) is 11.8 Å². The molecule has 0 spiro atoms. The van der Waals surface area contributed by atoms with E-state index in [1.807, 2.05) is 27.0 Å². The normalized spacial score (nSPS) is 11.6. The van der Waals surface area contributed by atoms with Crippen molar-refractivity contribution in [3.05, 3.63) is 44.7 Å². The second-order valence-corrected chi connectivity index (χ2v) is 8.67. The van der Waals surface area contributed by atoms with Gasteiger partial charge in [-0.2, -0.15) is 0 Å². The Morgan fingerprint density at radius 2 is 1.90 bits per heavy atom. The van der Waals surface area contributed by atoms with Crippen molar-refractivity contribution in [3.8, 4) is 0 Å². The van der Waals surface area contributed by atoms with Gasteiger partial charge in [0, 0.05) is 21.6 Å². The minimum Gasteiger partial charge on any atom is -0.315 e. The predicted octanol–water partition coefficient (Wildman–Crippen LogP) is 3.65. The number of hydrogen-bond donors (Lipinski definition) is 2. The summed E-state index contributed by atoms with van der Waals surface area (Å²) in [5.74, 6) is 0. The first kappa shape index (κ1) is 16.5. The largest absolute Gasteiger partial charge is 0.315 e. The standard InChI is InChI=1S/C14H17BrN2O2S2/c1-9-4-5-11(7-12(9)15)17-21(18,19)14-6-10(2)13(20-14)8-16-3/h4-7,16-17H,8H2,1-3H3. The average molecular weight is 389 g/mol. The molecule has 0 bridgehead atoms. The summed E-state index contributed by atoms with van der Waals surface area (Å²) in [7, 11) is -1.70. The molecule has 1 aromatic carbocycles. The summed E-state index contributed by atoms with van der Waals surface area (Å²) < 4.78 is 28.7. The quantitative estimate of drug-likeness (QED) is 0.821. The molecule has 114 valence electrons. The average Bonchev–Trinajstić information content (AvgIpc) is 2.77. The fourth-order valence-corrected chi connectivity index (χ4v) is 4.85. The second kappa shape index (κ2) is 6.48. The van der Waals surface area contributed by atoms with E-state index in [9.17, 15) is 8.42 Å². The summed E-state index contributed by atoms with van der Waals surface area (Å²) in [6, 6.07) is 7.10. The number of rotatable bonds is 5. The summed E-state index contributed by atoms with van der Waals surface area (Å²) in [6.07, 6.45) is 0. The number of nitrogens with one attached hydrogen (secondary N) is 2. The van der Waals surface area contributed by atoms with E-state index >= 15 is 0 Å². The molecule has 0 aliphatic carbocycles. The van der Waals surface area contributed by atoms with Gasteiger partial charge in [0.1, 0.15) is 4.21 Å². The fourth-order valence-electron chi connectivity index (χ4n) is 1.82. The van der Waals surface area contributed by atoms with Crippen LogP contribution in [0.15, 0.2) is 32.9 Å². The molecule has 0 atom stereocenters. The Labute approximate surface area is 137 Å². The molecule has 0 amide bonds. The van der Waals surface area contributed by atoms with Crippen molar-refractivity contribution in [2.24, 2.45) is 0 Å². The van der Waals surface area contributed by atoms with E-state index < -0.39 is 10.0 Å². The lowest BCUT2D eigenvalue weighted by Crippen LogP contribution is -2.11. The molecule has 0 unspecified atom stereocenters. The molecular formula is C14H17BrN2O2S2. The van der Waals surface area contributed by atoms with Gasteiger partial charge in [-0.1, -0.05) is 22.0 Å². The van der Waals surface area contributed by atoms with Gasteiger partial charge in [0.25, 0.3) is 10.0 Å². The molecule has 2 aromatic rings. The molecule has 0 saturated heterocycles. The van der Waals surface area contributed by atoms with Crippen LogP contribution in [0.4, 0.5) is 5.69 Å². The van der Waals surface area contributed by atoms with E-state index in [1.54, 1.807) is 18.2 Å². The Hall–Kier alpha value is -0.890. The van der Waals surface area contributed by atoms with Crippen LogP contribution in [0.1, 0.15) is 16.0 Å². The van der Waals surface area contributed by atoms with Crippen molar-refractivity contribution in [2.45, 2.75) is 24.6 Å². The summed E-state index contributed by atoms with van der Waals surface area (Å²) in [5, 5.41) is 3.04. The Morgan fingerprint density at radius 3 is 2.52 bits per heavy atom. The maximum absolute atomic E-state index is 12.4. The molecule has 0 saturated carbocycles. The molecule has 2 N–H and O–H groups in total. The third kappa shape index (κ3) is 3.85. The number of hydrogen-bond acceptors (Lipinski definition) is 4. The number of aryl methyl sites for hydroxylation is 2. The first-order valence-electron chi connectivity index (χ1n) is 6.36. The highest BCUT2D eigenvalue weighted by molar-refractivity contribution is 9.10. The molecule has 0 radical (unpaired) electrons. The van der Waals surface area contributed by atoms with Crippen LogP contribution in [0, 0.1) is 13.8 Å². The van der Waals surface area contributed by atoms with Gasteiger partial charge < -0.3 is 5.32 Å².